The molecular formula is C16H27ClN2. The van der Waals surface area contributed by atoms with E-state index < -0.39 is 0 Å². The van der Waals surface area contributed by atoms with Crippen LogP contribution in [0.1, 0.15) is 39.7 Å². The average molecular weight is 283 g/mol. The smallest absolute Gasteiger partial charge is 0.0410 e. The van der Waals surface area contributed by atoms with Gasteiger partial charge in [0.05, 0.1) is 0 Å². The van der Waals surface area contributed by atoms with Crippen LogP contribution in [0.4, 0.5) is 5.69 Å². The van der Waals surface area contributed by atoms with Crippen LogP contribution in [0.3, 0.4) is 0 Å². The van der Waals surface area contributed by atoms with Crippen molar-refractivity contribution in [2.75, 3.05) is 11.9 Å². The minimum absolute atomic E-state index is 0.144. The second kappa shape index (κ2) is 7.16. The number of benzene rings is 1. The van der Waals surface area contributed by atoms with Crippen molar-refractivity contribution < 1.29 is 0 Å². The van der Waals surface area contributed by atoms with Crippen molar-refractivity contribution in [3.8, 4) is 0 Å². The van der Waals surface area contributed by atoms with Crippen LogP contribution in [-0.2, 0) is 6.42 Å². The maximum atomic E-state index is 6.11. The number of halogens is 1. The quantitative estimate of drug-likeness (QED) is 0.851. The van der Waals surface area contributed by atoms with Crippen LogP contribution in [0.25, 0.3) is 0 Å². The lowest BCUT2D eigenvalue weighted by Crippen LogP contribution is -2.31. The normalized spacial score (nSPS) is 14.5. The van der Waals surface area contributed by atoms with Crippen molar-refractivity contribution in [2.45, 2.75) is 52.6 Å². The summed E-state index contributed by atoms with van der Waals surface area (Å²) in [5, 5.41) is 0.782. The summed E-state index contributed by atoms with van der Waals surface area (Å²) in [5.41, 5.74) is 8.42. The number of hydrogen-bond donors (Lipinski definition) is 1. The van der Waals surface area contributed by atoms with Crippen LogP contribution in [0.15, 0.2) is 18.2 Å². The fraction of sp³-hybridized carbons (Fsp3) is 0.625. The third kappa shape index (κ3) is 5.04. The maximum absolute atomic E-state index is 6.11. The van der Waals surface area contributed by atoms with E-state index in [0.29, 0.717) is 12.0 Å². The van der Waals surface area contributed by atoms with Gasteiger partial charge in [-0.15, -0.1) is 0 Å². The maximum Gasteiger partial charge on any atom is 0.0410 e. The molecule has 0 saturated heterocycles. The van der Waals surface area contributed by atoms with Crippen molar-refractivity contribution >= 4 is 17.3 Å². The number of nitrogens with two attached hydrogens (primary N) is 1. The molecule has 0 aromatic heterocycles. The molecule has 1 aromatic carbocycles. The molecule has 0 fully saturated rings. The highest BCUT2D eigenvalue weighted by molar-refractivity contribution is 6.30. The highest BCUT2D eigenvalue weighted by Gasteiger charge is 2.15. The van der Waals surface area contributed by atoms with Crippen molar-refractivity contribution in [3.63, 3.8) is 0 Å². The van der Waals surface area contributed by atoms with Crippen LogP contribution in [-0.4, -0.2) is 19.1 Å². The SMILES string of the molecule is CC(C)CC(C)N(C)c1ccc(Cl)cc1CC(C)N. The van der Waals surface area contributed by atoms with E-state index >= 15 is 0 Å². The first-order chi connectivity index (χ1) is 8.81. The molecule has 2 N–H and O–H groups in total. The topological polar surface area (TPSA) is 29.3 Å². The van der Waals surface area contributed by atoms with Gasteiger partial charge in [0.2, 0.25) is 0 Å². The zero-order valence-electron chi connectivity index (χ0n) is 12.8. The standard InChI is InChI=1S/C16H27ClN2/c1-11(2)8-13(4)19(5)16-7-6-15(17)10-14(16)9-12(3)18/h6-7,10-13H,8-9,18H2,1-5H3. The zero-order chi connectivity index (χ0) is 14.6. The number of anilines is 1. The molecule has 0 aliphatic carbocycles. The summed E-state index contributed by atoms with van der Waals surface area (Å²) < 4.78 is 0. The largest absolute Gasteiger partial charge is 0.372 e. The molecule has 19 heavy (non-hydrogen) atoms. The number of nitrogens with zero attached hydrogens (tertiary/aromatic N) is 1. The second-order valence-corrected chi connectivity index (χ2v) is 6.48. The summed E-state index contributed by atoms with van der Waals surface area (Å²) in [5.74, 6) is 0.696. The third-order valence-electron chi connectivity index (χ3n) is 3.44. The van der Waals surface area contributed by atoms with Crippen molar-refractivity contribution in [1.82, 2.24) is 0 Å². The van der Waals surface area contributed by atoms with E-state index in [2.05, 4.69) is 38.8 Å². The van der Waals surface area contributed by atoms with Crippen LogP contribution in [0.5, 0.6) is 0 Å². The number of hydrogen-bond acceptors (Lipinski definition) is 2. The minimum Gasteiger partial charge on any atom is -0.372 e. The summed E-state index contributed by atoms with van der Waals surface area (Å²) in [7, 11) is 2.15. The highest BCUT2D eigenvalue weighted by atomic mass is 35.5. The van der Waals surface area contributed by atoms with E-state index in [4.69, 9.17) is 17.3 Å². The molecule has 1 aromatic rings. The van der Waals surface area contributed by atoms with Crippen molar-refractivity contribution in [2.24, 2.45) is 11.7 Å². The van der Waals surface area contributed by atoms with E-state index in [9.17, 15) is 0 Å². The lowest BCUT2D eigenvalue weighted by atomic mass is 10.0. The van der Waals surface area contributed by atoms with Crippen LogP contribution in [0, 0.1) is 5.92 Å². The Morgan fingerprint density at radius 3 is 2.37 bits per heavy atom. The van der Waals surface area contributed by atoms with Gasteiger partial charge >= 0.3 is 0 Å². The molecule has 2 atom stereocenters. The first kappa shape index (κ1) is 16.3. The van der Waals surface area contributed by atoms with E-state index in [-0.39, 0.29) is 6.04 Å². The molecule has 1 rings (SSSR count). The Morgan fingerprint density at radius 1 is 1.21 bits per heavy atom. The summed E-state index contributed by atoms with van der Waals surface area (Å²) in [4.78, 5) is 2.34. The van der Waals surface area contributed by atoms with E-state index in [1.807, 2.05) is 19.1 Å². The Balaban J connectivity index is 2.97. The molecule has 2 unspecified atom stereocenters. The molecule has 0 aliphatic heterocycles. The monoisotopic (exact) mass is 282 g/mol. The molecule has 108 valence electrons. The fourth-order valence-corrected chi connectivity index (χ4v) is 2.68. The molecule has 3 heteroatoms. The minimum atomic E-state index is 0.144. The molecule has 0 bridgehead atoms. The van der Waals surface area contributed by atoms with Gasteiger partial charge in [-0.05, 0) is 56.4 Å². The van der Waals surface area contributed by atoms with Gasteiger partial charge in [-0.2, -0.15) is 0 Å². The van der Waals surface area contributed by atoms with Crippen LogP contribution < -0.4 is 10.6 Å². The summed E-state index contributed by atoms with van der Waals surface area (Å²) in [6.45, 7) is 8.82. The Kier molecular flexibility index (Phi) is 6.15. The average Bonchev–Trinajstić information content (AvgIpc) is 2.26. The van der Waals surface area contributed by atoms with Crippen LogP contribution in [0.2, 0.25) is 5.02 Å². The van der Waals surface area contributed by atoms with E-state index in [1.165, 1.54) is 17.7 Å². The molecule has 0 amide bonds. The van der Waals surface area contributed by atoms with Crippen LogP contribution >= 0.6 is 11.6 Å². The van der Waals surface area contributed by atoms with E-state index in [0.717, 1.165) is 11.4 Å². The Hall–Kier alpha value is -0.730. The molecular weight excluding hydrogens is 256 g/mol. The number of rotatable bonds is 6. The Morgan fingerprint density at radius 2 is 1.84 bits per heavy atom. The lowest BCUT2D eigenvalue weighted by Gasteiger charge is -2.30. The van der Waals surface area contributed by atoms with Gasteiger partial charge in [0.1, 0.15) is 0 Å². The van der Waals surface area contributed by atoms with Gasteiger partial charge < -0.3 is 10.6 Å². The highest BCUT2D eigenvalue weighted by Crippen LogP contribution is 2.27. The Labute approximate surface area is 122 Å². The molecule has 0 spiro atoms. The summed E-state index contributed by atoms with van der Waals surface area (Å²) in [6, 6.07) is 6.76. The predicted octanol–water partition coefficient (Wildman–Crippen LogP) is 4.10. The van der Waals surface area contributed by atoms with Gasteiger partial charge in [-0.25, -0.2) is 0 Å². The fourth-order valence-electron chi connectivity index (χ4n) is 2.49. The second-order valence-electron chi connectivity index (χ2n) is 6.04. The van der Waals surface area contributed by atoms with Gasteiger partial charge in [0.15, 0.2) is 0 Å². The molecule has 0 heterocycles. The first-order valence-electron chi connectivity index (χ1n) is 7.08. The first-order valence-corrected chi connectivity index (χ1v) is 7.46. The van der Waals surface area contributed by atoms with Crippen molar-refractivity contribution in [3.05, 3.63) is 28.8 Å². The van der Waals surface area contributed by atoms with Gasteiger partial charge in [-0.1, -0.05) is 25.4 Å². The summed E-state index contributed by atoms with van der Waals surface area (Å²) >= 11 is 6.11. The van der Waals surface area contributed by atoms with Crippen molar-refractivity contribution in [1.29, 1.82) is 0 Å². The molecule has 2 nitrogen and oxygen atoms in total. The molecule has 0 aliphatic rings. The third-order valence-corrected chi connectivity index (χ3v) is 3.67. The molecule has 0 saturated carbocycles. The van der Waals surface area contributed by atoms with E-state index in [1.54, 1.807) is 0 Å². The van der Waals surface area contributed by atoms with Gasteiger partial charge in [-0.3, -0.25) is 0 Å². The molecule has 0 radical (unpaired) electrons. The lowest BCUT2D eigenvalue weighted by molar-refractivity contribution is 0.503. The van der Waals surface area contributed by atoms with Gasteiger partial charge in [0.25, 0.3) is 0 Å². The Bertz CT molecular complexity index is 402. The van der Waals surface area contributed by atoms with Gasteiger partial charge in [0, 0.05) is 29.8 Å². The summed E-state index contributed by atoms with van der Waals surface area (Å²) in [6.07, 6.45) is 2.03. The zero-order valence-corrected chi connectivity index (χ0v) is 13.5. The predicted molar refractivity (Wildman–Crippen MR) is 86.1 cm³/mol.